The van der Waals surface area contributed by atoms with Crippen LogP contribution in [0.5, 0.6) is 5.75 Å². The summed E-state index contributed by atoms with van der Waals surface area (Å²) >= 11 is 0. The van der Waals surface area contributed by atoms with Crippen LogP contribution in [-0.4, -0.2) is 62.6 Å². The monoisotopic (exact) mass is 491 g/mol. The lowest BCUT2D eigenvalue weighted by Crippen LogP contribution is -2.27. The third kappa shape index (κ3) is 4.38. The zero-order valence-electron chi connectivity index (χ0n) is 20.9. The van der Waals surface area contributed by atoms with Gasteiger partial charge in [-0.3, -0.25) is 14.2 Å². The highest BCUT2D eigenvalue weighted by Crippen LogP contribution is 2.37. The van der Waals surface area contributed by atoms with Gasteiger partial charge in [0.2, 0.25) is 0 Å². The first-order valence-corrected chi connectivity index (χ1v) is 12.1. The Morgan fingerprint density at radius 1 is 1.19 bits per heavy atom. The van der Waals surface area contributed by atoms with E-state index in [1.165, 1.54) is 11.0 Å². The summed E-state index contributed by atoms with van der Waals surface area (Å²) in [5.41, 5.74) is 2.83. The number of fused-ring (bicyclic) bond motifs is 1. The SMILES string of the molecule is CNc1cc2c(cn1)c(-c1cnn(C)c1)nn2[C@H]1CC[C@@H](Oc2cccc(C(=O)N(C)C)c2F)CC1. The minimum Gasteiger partial charge on any atom is -0.487 e. The fourth-order valence-corrected chi connectivity index (χ4v) is 4.80. The fourth-order valence-electron chi connectivity index (χ4n) is 4.80. The predicted molar refractivity (Wildman–Crippen MR) is 136 cm³/mol. The topological polar surface area (TPSA) is 90.1 Å². The van der Waals surface area contributed by atoms with Gasteiger partial charge < -0.3 is 15.0 Å². The zero-order valence-corrected chi connectivity index (χ0v) is 20.9. The van der Waals surface area contributed by atoms with Crippen molar-refractivity contribution in [2.45, 2.75) is 37.8 Å². The lowest BCUT2D eigenvalue weighted by Gasteiger charge is -2.30. The fraction of sp³-hybridized carbons (Fsp3) is 0.385. The Morgan fingerprint density at radius 2 is 1.97 bits per heavy atom. The van der Waals surface area contributed by atoms with Crippen molar-refractivity contribution >= 4 is 22.6 Å². The number of hydrogen-bond acceptors (Lipinski definition) is 6. The molecule has 0 spiro atoms. The summed E-state index contributed by atoms with van der Waals surface area (Å²) in [7, 11) is 6.94. The molecule has 4 aromatic rings. The van der Waals surface area contributed by atoms with E-state index in [1.807, 2.05) is 38.8 Å². The van der Waals surface area contributed by atoms with Gasteiger partial charge in [-0.1, -0.05) is 6.07 Å². The van der Waals surface area contributed by atoms with Gasteiger partial charge in [0, 0.05) is 57.6 Å². The molecular weight excluding hydrogens is 461 g/mol. The maximum absolute atomic E-state index is 15.0. The number of aryl methyl sites for hydroxylation is 1. The van der Waals surface area contributed by atoms with Crippen LogP contribution in [-0.2, 0) is 7.05 Å². The van der Waals surface area contributed by atoms with Gasteiger partial charge in [0.05, 0.1) is 29.4 Å². The molecule has 0 radical (unpaired) electrons. The second-order valence-electron chi connectivity index (χ2n) is 9.40. The minimum absolute atomic E-state index is 0.0195. The van der Waals surface area contributed by atoms with Crippen LogP contribution in [0.25, 0.3) is 22.2 Å². The van der Waals surface area contributed by atoms with Crippen molar-refractivity contribution in [2.75, 3.05) is 26.5 Å². The van der Waals surface area contributed by atoms with Crippen molar-refractivity contribution in [1.29, 1.82) is 0 Å². The molecule has 1 aromatic carbocycles. The van der Waals surface area contributed by atoms with E-state index >= 15 is 0 Å². The summed E-state index contributed by atoms with van der Waals surface area (Å²) in [6.07, 6.45) is 8.67. The largest absolute Gasteiger partial charge is 0.487 e. The molecule has 0 atom stereocenters. The van der Waals surface area contributed by atoms with Crippen LogP contribution in [0.1, 0.15) is 42.1 Å². The van der Waals surface area contributed by atoms with E-state index in [1.54, 1.807) is 30.9 Å². The van der Waals surface area contributed by atoms with Crippen molar-refractivity contribution in [2.24, 2.45) is 7.05 Å². The molecule has 36 heavy (non-hydrogen) atoms. The zero-order chi connectivity index (χ0) is 25.4. The van der Waals surface area contributed by atoms with E-state index in [-0.39, 0.29) is 29.4 Å². The molecule has 0 bridgehead atoms. The Kier molecular flexibility index (Phi) is 6.34. The molecule has 1 aliphatic carbocycles. The van der Waals surface area contributed by atoms with Crippen LogP contribution in [0.3, 0.4) is 0 Å². The van der Waals surface area contributed by atoms with E-state index in [0.29, 0.717) is 0 Å². The van der Waals surface area contributed by atoms with E-state index in [0.717, 1.165) is 53.7 Å². The van der Waals surface area contributed by atoms with Crippen molar-refractivity contribution in [3.8, 4) is 17.0 Å². The van der Waals surface area contributed by atoms with Gasteiger partial charge in [0.25, 0.3) is 5.91 Å². The van der Waals surface area contributed by atoms with Gasteiger partial charge in [0.15, 0.2) is 11.6 Å². The van der Waals surface area contributed by atoms with E-state index in [2.05, 4.69) is 20.1 Å². The lowest BCUT2D eigenvalue weighted by atomic mass is 9.93. The molecule has 1 amide bonds. The van der Waals surface area contributed by atoms with Gasteiger partial charge >= 0.3 is 0 Å². The second kappa shape index (κ2) is 9.60. The molecule has 1 saturated carbocycles. The molecule has 10 heteroatoms. The minimum atomic E-state index is -0.607. The maximum Gasteiger partial charge on any atom is 0.256 e. The molecule has 0 aliphatic heterocycles. The molecule has 3 aromatic heterocycles. The Bertz CT molecular complexity index is 1400. The van der Waals surface area contributed by atoms with Crippen molar-refractivity contribution in [3.05, 3.63) is 54.2 Å². The second-order valence-corrected chi connectivity index (χ2v) is 9.40. The van der Waals surface area contributed by atoms with Gasteiger partial charge in [-0.25, -0.2) is 9.37 Å². The van der Waals surface area contributed by atoms with Gasteiger partial charge in [-0.05, 0) is 37.8 Å². The highest BCUT2D eigenvalue weighted by atomic mass is 19.1. The number of ether oxygens (including phenoxy) is 1. The van der Waals surface area contributed by atoms with Crippen LogP contribution in [0.15, 0.2) is 42.9 Å². The van der Waals surface area contributed by atoms with E-state index < -0.39 is 5.82 Å². The normalized spacial score (nSPS) is 17.8. The molecule has 188 valence electrons. The number of pyridine rings is 1. The molecule has 1 fully saturated rings. The number of benzene rings is 1. The quantitative estimate of drug-likeness (QED) is 0.433. The number of carbonyl (C=O) groups is 1. The average Bonchev–Trinajstić information content (AvgIpc) is 3.48. The first-order valence-electron chi connectivity index (χ1n) is 12.1. The number of halogens is 1. The Labute approximate surface area is 208 Å². The molecule has 0 saturated heterocycles. The third-order valence-corrected chi connectivity index (χ3v) is 6.71. The average molecular weight is 492 g/mol. The smallest absolute Gasteiger partial charge is 0.256 e. The molecule has 1 N–H and O–H groups in total. The molecule has 0 unspecified atom stereocenters. The van der Waals surface area contributed by atoms with Crippen LogP contribution < -0.4 is 10.1 Å². The molecule has 3 heterocycles. The van der Waals surface area contributed by atoms with Gasteiger partial charge in [-0.15, -0.1) is 0 Å². The van der Waals surface area contributed by atoms with Gasteiger partial charge in [0.1, 0.15) is 11.5 Å². The molecule has 1 aliphatic rings. The molecule has 9 nitrogen and oxygen atoms in total. The number of nitrogens with one attached hydrogen (secondary N) is 1. The Hall–Kier alpha value is -3.95. The number of aromatic nitrogens is 5. The number of amides is 1. The summed E-state index contributed by atoms with van der Waals surface area (Å²) in [6, 6.07) is 6.92. The van der Waals surface area contributed by atoms with Crippen LogP contribution in [0.2, 0.25) is 0 Å². The Morgan fingerprint density at radius 3 is 2.64 bits per heavy atom. The maximum atomic E-state index is 15.0. The summed E-state index contributed by atoms with van der Waals surface area (Å²) in [6.45, 7) is 0. The Balaban J connectivity index is 1.36. The number of anilines is 1. The lowest BCUT2D eigenvalue weighted by molar-refractivity contribution is 0.0819. The first-order chi connectivity index (χ1) is 17.4. The van der Waals surface area contributed by atoms with E-state index in [4.69, 9.17) is 9.84 Å². The third-order valence-electron chi connectivity index (χ3n) is 6.71. The molecular formula is C26H30FN7O2. The van der Waals surface area contributed by atoms with Crippen molar-refractivity contribution < 1.29 is 13.9 Å². The predicted octanol–water partition coefficient (Wildman–Crippen LogP) is 4.28. The van der Waals surface area contributed by atoms with Crippen LogP contribution in [0, 0.1) is 5.82 Å². The number of nitrogens with zero attached hydrogens (tertiary/aromatic N) is 6. The highest BCUT2D eigenvalue weighted by molar-refractivity contribution is 5.95. The van der Waals surface area contributed by atoms with Crippen LogP contribution in [0.4, 0.5) is 10.2 Å². The number of rotatable bonds is 6. The first kappa shape index (κ1) is 23.8. The highest BCUT2D eigenvalue weighted by Gasteiger charge is 2.28. The summed E-state index contributed by atoms with van der Waals surface area (Å²) in [5, 5.41) is 13.4. The standard InChI is InChI=1S/C26H30FN7O2/c1-28-23-12-21-20(14-29-23)25(16-13-30-33(4)15-16)31-34(21)17-8-10-18(11-9-17)36-22-7-5-6-19(24(22)27)26(35)32(2)3/h5-7,12-15,17-18H,8-11H2,1-4H3,(H,28,29)/t17-,18+. The van der Waals surface area contributed by atoms with E-state index in [9.17, 15) is 9.18 Å². The van der Waals surface area contributed by atoms with Crippen molar-refractivity contribution in [1.82, 2.24) is 29.4 Å². The summed E-state index contributed by atoms with van der Waals surface area (Å²) in [4.78, 5) is 18.1. The van der Waals surface area contributed by atoms with Gasteiger partial charge in [-0.2, -0.15) is 10.2 Å². The summed E-state index contributed by atoms with van der Waals surface area (Å²) in [5.74, 6) is -0.0861. The van der Waals surface area contributed by atoms with Crippen LogP contribution >= 0.6 is 0 Å². The number of carbonyl (C=O) groups excluding carboxylic acids is 1. The molecule has 5 rings (SSSR count). The number of hydrogen-bond donors (Lipinski definition) is 1. The van der Waals surface area contributed by atoms with Crippen molar-refractivity contribution in [3.63, 3.8) is 0 Å². The summed E-state index contributed by atoms with van der Waals surface area (Å²) < 4.78 is 24.9.